The molecular formula is C6H9N3O2. The number of hydrogen-bond donors (Lipinski definition) is 1. The molecule has 0 amide bonds. The van der Waals surface area contributed by atoms with Gasteiger partial charge in [-0.3, -0.25) is 9.36 Å². The minimum absolute atomic E-state index is 0.119. The quantitative estimate of drug-likeness (QED) is 0.586. The standard InChI is InChI=1S/C6H9N3O2/c1-9-5(10)4(7)3-8-6(9)11-2/h3H,7H2,1-2H3. The molecule has 2 N–H and O–H groups in total. The minimum atomic E-state index is -0.295. The van der Waals surface area contributed by atoms with E-state index >= 15 is 0 Å². The monoisotopic (exact) mass is 155 g/mol. The summed E-state index contributed by atoms with van der Waals surface area (Å²) in [5.41, 5.74) is 5.12. The lowest BCUT2D eigenvalue weighted by atomic mass is 10.5. The van der Waals surface area contributed by atoms with E-state index in [4.69, 9.17) is 10.5 Å². The van der Waals surface area contributed by atoms with Gasteiger partial charge < -0.3 is 10.5 Å². The topological polar surface area (TPSA) is 70.1 Å². The van der Waals surface area contributed by atoms with Gasteiger partial charge in [-0.1, -0.05) is 0 Å². The van der Waals surface area contributed by atoms with Gasteiger partial charge in [-0.2, -0.15) is 0 Å². The van der Waals surface area contributed by atoms with E-state index in [1.807, 2.05) is 0 Å². The molecule has 0 radical (unpaired) electrons. The third-order valence-electron chi connectivity index (χ3n) is 1.34. The van der Waals surface area contributed by atoms with Crippen molar-refractivity contribution in [1.29, 1.82) is 0 Å². The number of aromatic nitrogens is 2. The number of rotatable bonds is 1. The molecule has 0 unspecified atom stereocenters. The number of hydrogen-bond acceptors (Lipinski definition) is 4. The Labute approximate surface area is 63.4 Å². The first kappa shape index (κ1) is 7.59. The first-order chi connectivity index (χ1) is 5.16. The maximum atomic E-state index is 11.1. The fraction of sp³-hybridized carbons (Fsp3) is 0.333. The summed E-state index contributed by atoms with van der Waals surface area (Å²) in [6, 6.07) is 0.254. The number of nitrogens with zero attached hydrogens (tertiary/aromatic N) is 2. The van der Waals surface area contributed by atoms with Crippen molar-refractivity contribution >= 4 is 5.69 Å². The Hall–Kier alpha value is -1.52. The second-order valence-corrected chi connectivity index (χ2v) is 2.06. The lowest BCUT2D eigenvalue weighted by Crippen LogP contribution is -2.22. The van der Waals surface area contributed by atoms with Crippen LogP contribution in [-0.4, -0.2) is 16.7 Å². The maximum absolute atomic E-state index is 11.1. The van der Waals surface area contributed by atoms with Crippen molar-refractivity contribution in [2.24, 2.45) is 7.05 Å². The highest BCUT2D eigenvalue weighted by atomic mass is 16.5. The van der Waals surface area contributed by atoms with Crippen LogP contribution in [0.4, 0.5) is 5.69 Å². The molecule has 0 aromatic carbocycles. The summed E-state index contributed by atoms with van der Waals surface area (Å²) in [4.78, 5) is 14.8. The first-order valence-electron chi connectivity index (χ1n) is 3.02. The molecular weight excluding hydrogens is 146 g/mol. The predicted octanol–water partition coefficient (Wildman–Crippen LogP) is -0.629. The van der Waals surface area contributed by atoms with Crippen molar-refractivity contribution in [3.8, 4) is 6.01 Å². The molecule has 0 atom stereocenters. The zero-order valence-electron chi connectivity index (χ0n) is 6.37. The Morgan fingerprint density at radius 1 is 1.73 bits per heavy atom. The van der Waals surface area contributed by atoms with Gasteiger partial charge in [0.1, 0.15) is 5.69 Å². The minimum Gasteiger partial charge on any atom is -0.468 e. The molecule has 1 heterocycles. The molecule has 1 aromatic rings. The molecule has 0 saturated heterocycles. The van der Waals surface area contributed by atoms with Crippen molar-refractivity contribution in [1.82, 2.24) is 9.55 Å². The molecule has 1 aromatic heterocycles. The van der Waals surface area contributed by atoms with Crippen LogP contribution in [0.5, 0.6) is 6.01 Å². The van der Waals surface area contributed by atoms with E-state index in [-0.39, 0.29) is 17.3 Å². The van der Waals surface area contributed by atoms with Crippen LogP contribution in [0.2, 0.25) is 0 Å². The van der Waals surface area contributed by atoms with E-state index in [0.717, 1.165) is 0 Å². The molecule has 0 aliphatic heterocycles. The summed E-state index contributed by atoms with van der Waals surface area (Å²) in [6.07, 6.45) is 1.28. The van der Waals surface area contributed by atoms with Crippen molar-refractivity contribution in [2.45, 2.75) is 0 Å². The molecule has 0 bridgehead atoms. The van der Waals surface area contributed by atoms with Crippen molar-refractivity contribution in [3.05, 3.63) is 16.6 Å². The van der Waals surface area contributed by atoms with Crippen LogP contribution in [0.1, 0.15) is 0 Å². The third-order valence-corrected chi connectivity index (χ3v) is 1.34. The molecule has 60 valence electrons. The van der Waals surface area contributed by atoms with E-state index < -0.39 is 0 Å². The van der Waals surface area contributed by atoms with Crippen molar-refractivity contribution in [3.63, 3.8) is 0 Å². The van der Waals surface area contributed by atoms with Gasteiger partial charge in [-0.05, 0) is 0 Å². The summed E-state index contributed by atoms with van der Waals surface area (Å²) >= 11 is 0. The summed E-state index contributed by atoms with van der Waals surface area (Å²) in [7, 11) is 2.99. The van der Waals surface area contributed by atoms with Crippen molar-refractivity contribution < 1.29 is 4.74 Å². The molecule has 11 heavy (non-hydrogen) atoms. The van der Waals surface area contributed by atoms with Gasteiger partial charge in [-0.25, -0.2) is 4.98 Å². The fourth-order valence-corrected chi connectivity index (χ4v) is 0.737. The number of ether oxygens (including phenoxy) is 1. The number of anilines is 1. The summed E-state index contributed by atoms with van der Waals surface area (Å²) in [5, 5.41) is 0. The molecule has 0 fully saturated rings. The molecule has 5 heteroatoms. The Kier molecular flexibility index (Phi) is 1.80. The van der Waals surface area contributed by atoms with Gasteiger partial charge in [0.15, 0.2) is 0 Å². The smallest absolute Gasteiger partial charge is 0.298 e. The molecule has 1 rings (SSSR count). The van der Waals surface area contributed by atoms with Crippen LogP contribution in [-0.2, 0) is 7.05 Å². The Bertz CT molecular complexity index is 318. The Morgan fingerprint density at radius 2 is 2.36 bits per heavy atom. The third kappa shape index (κ3) is 1.17. The summed E-state index contributed by atoms with van der Waals surface area (Å²) in [5.74, 6) is 0. The Balaban J connectivity index is 3.37. The van der Waals surface area contributed by atoms with Crippen LogP contribution < -0.4 is 16.0 Å². The van der Waals surface area contributed by atoms with Crippen LogP contribution in [0.25, 0.3) is 0 Å². The molecule has 5 nitrogen and oxygen atoms in total. The van der Waals surface area contributed by atoms with Gasteiger partial charge in [0, 0.05) is 7.05 Å². The van der Waals surface area contributed by atoms with Gasteiger partial charge in [0.05, 0.1) is 13.3 Å². The second-order valence-electron chi connectivity index (χ2n) is 2.06. The number of nitrogens with two attached hydrogens (primary N) is 1. The van der Waals surface area contributed by atoms with Gasteiger partial charge in [-0.15, -0.1) is 0 Å². The number of nitrogen functional groups attached to an aromatic ring is 1. The summed E-state index contributed by atoms with van der Waals surface area (Å²) in [6.45, 7) is 0. The molecule has 0 aliphatic carbocycles. The average Bonchev–Trinajstić information content (AvgIpc) is 2.01. The van der Waals surface area contributed by atoms with Crippen molar-refractivity contribution in [2.75, 3.05) is 12.8 Å². The molecule has 0 saturated carbocycles. The zero-order valence-corrected chi connectivity index (χ0v) is 6.37. The van der Waals surface area contributed by atoms with E-state index in [1.54, 1.807) is 7.05 Å². The van der Waals surface area contributed by atoms with Crippen LogP contribution in [0.15, 0.2) is 11.0 Å². The normalized spacial score (nSPS) is 9.64. The molecule has 0 spiro atoms. The highest BCUT2D eigenvalue weighted by Gasteiger charge is 2.02. The van der Waals surface area contributed by atoms with Crippen LogP contribution in [0.3, 0.4) is 0 Å². The Morgan fingerprint density at radius 3 is 2.91 bits per heavy atom. The van der Waals surface area contributed by atoms with Gasteiger partial charge >= 0.3 is 0 Å². The van der Waals surface area contributed by atoms with Crippen LogP contribution >= 0.6 is 0 Å². The summed E-state index contributed by atoms with van der Waals surface area (Å²) < 4.78 is 6.02. The SMILES string of the molecule is COc1ncc(N)c(=O)n1C. The molecule has 0 aliphatic rings. The lowest BCUT2D eigenvalue weighted by Gasteiger charge is -2.03. The van der Waals surface area contributed by atoms with E-state index in [0.29, 0.717) is 0 Å². The zero-order chi connectivity index (χ0) is 8.43. The first-order valence-corrected chi connectivity index (χ1v) is 3.02. The van der Waals surface area contributed by atoms with Crippen LogP contribution in [0, 0.1) is 0 Å². The predicted molar refractivity (Wildman–Crippen MR) is 40.4 cm³/mol. The van der Waals surface area contributed by atoms with E-state index in [9.17, 15) is 4.79 Å². The highest BCUT2D eigenvalue weighted by molar-refractivity contribution is 5.31. The fourth-order valence-electron chi connectivity index (χ4n) is 0.737. The maximum Gasteiger partial charge on any atom is 0.298 e. The van der Waals surface area contributed by atoms with E-state index in [2.05, 4.69) is 4.98 Å². The van der Waals surface area contributed by atoms with E-state index in [1.165, 1.54) is 17.9 Å². The second kappa shape index (κ2) is 2.61. The number of methoxy groups -OCH3 is 1. The van der Waals surface area contributed by atoms with Gasteiger partial charge in [0.2, 0.25) is 0 Å². The average molecular weight is 155 g/mol. The largest absolute Gasteiger partial charge is 0.468 e. The lowest BCUT2D eigenvalue weighted by molar-refractivity contribution is 0.357. The van der Waals surface area contributed by atoms with Gasteiger partial charge in [0.25, 0.3) is 11.6 Å². The highest BCUT2D eigenvalue weighted by Crippen LogP contribution is 2.00.